The minimum atomic E-state index is 0. The van der Waals surface area contributed by atoms with Gasteiger partial charge in [-0.05, 0) is 30.7 Å². The van der Waals surface area contributed by atoms with Crippen LogP contribution in [0.15, 0.2) is 36.9 Å². The van der Waals surface area contributed by atoms with Gasteiger partial charge in [0.2, 0.25) is 0 Å². The molecular weight excluding hydrogens is 521 g/mol. The number of hydrogen-bond donors (Lipinski definition) is 1. The van der Waals surface area contributed by atoms with Crippen LogP contribution in [0.1, 0.15) is 18.0 Å². The van der Waals surface area contributed by atoms with E-state index >= 15 is 0 Å². The van der Waals surface area contributed by atoms with Crippen molar-refractivity contribution in [2.24, 2.45) is 0 Å². The molecule has 8 heteroatoms. The minimum absolute atomic E-state index is 0. The van der Waals surface area contributed by atoms with Crippen LogP contribution in [0, 0.1) is 0 Å². The number of rotatable bonds is 7. The molecule has 2 rings (SSSR count). The summed E-state index contributed by atoms with van der Waals surface area (Å²) in [5.74, 6) is 0. The van der Waals surface area contributed by atoms with Gasteiger partial charge in [0, 0.05) is 34.3 Å². The van der Waals surface area contributed by atoms with Gasteiger partial charge in [0.25, 0.3) is 0 Å². The largest absolute Gasteiger partial charge is 0.336 e. The highest BCUT2D eigenvalue weighted by molar-refractivity contribution is 9.09. The zero-order valence-corrected chi connectivity index (χ0v) is 18.2. The number of imidazole rings is 1. The predicted octanol–water partition coefficient (Wildman–Crippen LogP) is 5.46. The first kappa shape index (κ1) is 22.4. The number of hydrogen-bond acceptors (Lipinski definition) is 2. The summed E-state index contributed by atoms with van der Waals surface area (Å²) in [6.07, 6.45) is 6.59. The van der Waals surface area contributed by atoms with E-state index in [1.165, 1.54) is 0 Å². The Morgan fingerprint density at radius 1 is 1.27 bits per heavy atom. The predicted molar refractivity (Wildman–Crippen MR) is 108 cm³/mol. The molecule has 1 heterocycles. The Kier molecular flexibility index (Phi) is 12.1. The summed E-state index contributed by atoms with van der Waals surface area (Å²) in [5, 5.41) is 5.85. The summed E-state index contributed by atoms with van der Waals surface area (Å²) < 4.78 is 2.04. The number of benzene rings is 1. The summed E-state index contributed by atoms with van der Waals surface area (Å²) in [5.41, 5.74) is 1.05. The molecule has 1 aromatic heterocycles. The summed E-state index contributed by atoms with van der Waals surface area (Å²) in [6, 6.07) is 5.77. The second-order valence-electron chi connectivity index (χ2n) is 4.47. The number of aromatic nitrogens is 2. The third-order valence-electron chi connectivity index (χ3n) is 2.99. The Bertz CT molecular complexity index is 538. The summed E-state index contributed by atoms with van der Waals surface area (Å²) in [4.78, 5) is 4.08. The van der Waals surface area contributed by atoms with Crippen LogP contribution in [0.2, 0.25) is 10.0 Å². The maximum atomic E-state index is 6.32. The Labute approximate surface area is 170 Å². The molecule has 1 aromatic carbocycles. The van der Waals surface area contributed by atoms with E-state index in [1.54, 1.807) is 12.3 Å². The van der Waals surface area contributed by atoms with Gasteiger partial charge in [-0.15, -0.1) is 34.0 Å². The van der Waals surface area contributed by atoms with Gasteiger partial charge in [-0.25, -0.2) is 4.98 Å². The number of halogens is 5. The van der Waals surface area contributed by atoms with Crippen molar-refractivity contribution in [2.75, 3.05) is 11.9 Å². The van der Waals surface area contributed by atoms with Crippen LogP contribution in [0.5, 0.6) is 0 Å². The average Bonchev–Trinajstić information content (AvgIpc) is 2.91. The molecule has 0 radical (unpaired) electrons. The molecule has 1 unspecified atom stereocenters. The number of nitrogens with one attached hydrogen (secondary N) is 1. The quantitative estimate of drug-likeness (QED) is 0.375. The van der Waals surface area contributed by atoms with Gasteiger partial charge in [0.1, 0.15) is 0 Å². The molecular formula is C14H18Br3Cl2N3. The van der Waals surface area contributed by atoms with E-state index in [2.05, 4.69) is 26.2 Å². The molecule has 0 spiro atoms. The standard InChI is InChI=1S/C14H16BrCl2N3.2BrH/c15-4-1-5-19-14(9-20-7-6-18-10-20)12-3-2-11(16)8-13(12)17;;/h2-3,6-8,10,14,19H,1,4-5,9H2;2*1H. The first-order valence-electron chi connectivity index (χ1n) is 6.40. The Morgan fingerprint density at radius 2 is 2.05 bits per heavy atom. The molecule has 0 aliphatic rings. The van der Waals surface area contributed by atoms with Crippen LogP contribution in [-0.2, 0) is 6.54 Å². The molecule has 2 aromatic rings. The van der Waals surface area contributed by atoms with Crippen LogP contribution in [0.3, 0.4) is 0 Å². The van der Waals surface area contributed by atoms with E-state index in [4.69, 9.17) is 23.2 Å². The Balaban J connectivity index is 0.00000220. The number of alkyl halides is 1. The average molecular weight is 539 g/mol. The molecule has 0 amide bonds. The lowest BCUT2D eigenvalue weighted by Crippen LogP contribution is -2.26. The summed E-state index contributed by atoms with van der Waals surface area (Å²) in [7, 11) is 0. The Morgan fingerprint density at radius 3 is 2.64 bits per heavy atom. The molecule has 3 nitrogen and oxygen atoms in total. The van der Waals surface area contributed by atoms with Crippen molar-refractivity contribution in [2.45, 2.75) is 19.0 Å². The molecule has 22 heavy (non-hydrogen) atoms. The van der Waals surface area contributed by atoms with Gasteiger partial charge in [-0.1, -0.05) is 45.2 Å². The highest BCUT2D eigenvalue weighted by Gasteiger charge is 2.15. The normalized spacial score (nSPS) is 11.4. The second-order valence-corrected chi connectivity index (χ2v) is 6.11. The first-order chi connectivity index (χ1) is 9.70. The fourth-order valence-corrected chi connectivity index (χ4v) is 2.83. The molecule has 0 bridgehead atoms. The summed E-state index contributed by atoms with van der Waals surface area (Å²) in [6.45, 7) is 1.70. The monoisotopic (exact) mass is 535 g/mol. The van der Waals surface area contributed by atoms with Gasteiger partial charge in [0.15, 0.2) is 0 Å². The van der Waals surface area contributed by atoms with Crippen molar-refractivity contribution >= 4 is 73.1 Å². The number of nitrogens with zero attached hydrogens (tertiary/aromatic N) is 2. The van der Waals surface area contributed by atoms with Crippen molar-refractivity contribution in [1.82, 2.24) is 14.9 Å². The van der Waals surface area contributed by atoms with Gasteiger partial charge in [-0.2, -0.15) is 0 Å². The van der Waals surface area contributed by atoms with E-state index in [1.807, 2.05) is 29.2 Å². The van der Waals surface area contributed by atoms with Gasteiger partial charge in [-0.3, -0.25) is 0 Å². The van der Waals surface area contributed by atoms with Crippen molar-refractivity contribution in [1.29, 1.82) is 0 Å². The lowest BCUT2D eigenvalue weighted by molar-refractivity contribution is 0.464. The second kappa shape index (κ2) is 11.9. The van der Waals surface area contributed by atoms with Gasteiger partial charge < -0.3 is 9.88 Å². The van der Waals surface area contributed by atoms with E-state index in [0.29, 0.717) is 10.0 Å². The molecule has 0 fully saturated rings. The zero-order chi connectivity index (χ0) is 14.4. The van der Waals surface area contributed by atoms with Gasteiger partial charge in [0.05, 0.1) is 12.4 Å². The third-order valence-corrected chi connectivity index (χ3v) is 4.11. The first-order valence-corrected chi connectivity index (χ1v) is 8.28. The van der Waals surface area contributed by atoms with E-state index in [-0.39, 0.29) is 40.0 Å². The lowest BCUT2D eigenvalue weighted by Gasteiger charge is -2.21. The zero-order valence-electron chi connectivity index (χ0n) is 11.7. The van der Waals surface area contributed by atoms with Crippen LogP contribution in [0.4, 0.5) is 0 Å². The highest BCUT2D eigenvalue weighted by atomic mass is 79.9. The van der Waals surface area contributed by atoms with Crippen LogP contribution >= 0.6 is 73.1 Å². The SMILES string of the molecule is Br.Br.Clc1ccc(C(Cn2ccnc2)NCCCBr)c(Cl)c1. The molecule has 0 aliphatic carbocycles. The van der Waals surface area contributed by atoms with Crippen molar-refractivity contribution < 1.29 is 0 Å². The maximum Gasteiger partial charge on any atom is 0.0946 e. The van der Waals surface area contributed by atoms with Crippen LogP contribution in [-0.4, -0.2) is 21.4 Å². The van der Waals surface area contributed by atoms with Crippen molar-refractivity contribution in [3.05, 3.63) is 52.5 Å². The van der Waals surface area contributed by atoms with Crippen molar-refractivity contribution in [3.8, 4) is 0 Å². The van der Waals surface area contributed by atoms with E-state index < -0.39 is 0 Å². The van der Waals surface area contributed by atoms with E-state index in [0.717, 1.165) is 30.4 Å². The Hall–Kier alpha value is 0.410. The minimum Gasteiger partial charge on any atom is -0.336 e. The molecule has 0 saturated carbocycles. The maximum absolute atomic E-state index is 6.32. The molecule has 124 valence electrons. The third kappa shape index (κ3) is 6.89. The van der Waals surface area contributed by atoms with Crippen LogP contribution in [0.25, 0.3) is 0 Å². The lowest BCUT2D eigenvalue weighted by atomic mass is 10.1. The topological polar surface area (TPSA) is 29.9 Å². The molecule has 1 N–H and O–H groups in total. The van der Waals surface area contributed by atoms with E-state index in [9.17, 15) is 0 Å². The highest BCUT2D eigenvalue weighted by Crippen LogP contribution is 2.27. The van der Waals surface area contributed by atoms with Crippen LogP contribution < -0.4 is 5.32 Å². The molecule has 0 aliphatic heterocycles. The fourth-order valence-electron chi connectivity index (χ4n) is 2.01. The smallest absolute Gasteiger partial charge is 0.0946 e. The fraction of sp³-hybridized carbons (Fsp3) is 0.357. The van der Waals surface area contributed by atoms with Gasteiger partial charge >= 0.3 is 0 Å². The molecule has 1 atom stereocenters. The molecule has 0 saturated heterocycles. The summed E-state index contributed by atoms with van der Waals surface area (Å²) >= 11 is 15.7. The van der Waals surface area contributed by atoms with Crippen molar-refractivity contribution in [3.63, 3.8) is 0 Å².